The van der Waals surface area contributed by atoms with Crippen molar-refractivity contribution < 1.29 is 4.52 Å². The van der Waals surface area contributed by atoms with Crippen molar-refractivity contribution in [3.63, 3.8) is 0 Å². The number of nitrogens with two attached hydrogens (primary N) is 1. The smallest absolute Gasteiger partial charge is 0.226 e. The zero-order valence-corrected chi connectivity index (χ0v) is 12.1. The summed E-state index contributed by atoms with van der Waals surface area (Å²) in [7, 11) is 0. The third-order valence-electron chi connectivity index (χ3n) is 3.53. The Bertz CT molecular complexity index is 733. The number of nitrogens with zero attached hydrogens (tertiary/aromatic N) is 2. The van der Waals surface area contributed by atoms with E-state index in [0.29, 0.717) is 11.7 Å². The fraction of sp³-hybridized carbons (Fsp3) is 0.294. The third kappa shape index (κ3) is 3.28. The number of fused-ring (bicyclic) bond motifs is 1. The molecule has 2 N–H and O–H groups in total. The van der Waals surface area contributed by atoms with Gasteiger partial charge in [-0.05, 0) is 36.6 Å². The van der Waals surface area contributed by atoms with Crippen LogP contribution in [-0.2, 0) is 6.42 Å². The maximum absolute atomic E-state index is 5.74. The van der Waals surface area contributed by atoms with Crippen molar-refractivity contribution in [1.29, 1.82) is 0 Å². The van der Waals surface area contributed by atoms with Gasteiger partial charge in [-0.1, -0.05) is 41.6 Å². The quantitative estimate of drug-likeness (QED) is 0.776. The molecule has 21 heavy (non-hydrogen) atoms. The summed E-state index contributed by atoms with van der Waals surface area (Å²) in [6, 6.07) is 14.7. The summed E-state index contributed by atoms with van der Waals surface area (Å²) >= 11 is 0. The maximum atomic E-state index is 5.74. The van der Waals surface area contributed by atoms with Crippen LogP contribution in [-0.4, -0.2) is 16.2 Å². The second kappa shape index (κ2) is 6.06. The van der Waals surface area contributed by atoms with E-state index in [4.69, 9.17) is 10.3 Å². The molecule has 4 heteroatoms. The van der Waals surface area contributed by atoms with E-state index < -0.39 is 0 Å². The van der Waals surface area contributed by atoms with E-state index in [0.717, 1.165) is 24.8 Å². The molecule has 0 aliphatic carbocycles. The number of aromatic nitrogens is 2. The van der Waals surface area contributed by atoms with Crippen molar-refractivity contribution in [2.24, 2.45) is 5.73 Å². The van der Waals surface area contributed by atoms with E-state index in [2.05, 4.69) is 34.4 Å². The SMILES string of the molecule is CC(N)CCCc1nc(-c2ccc3ccccc3c2)no1. The van der Waals surface area contributed by atoms with Crippen LogP contribution in [0.15, 0.2) is 47.0 Å². The maximum Gasteiger partial charge on any atom is 0.226 e. The minimum absolute atomic E-state index is 0.216. The van der Waals surface area contributed by atoms with Gasteiger partial charge < -0.3 is 10.3 Å². The van der Waals surface area contributed by atoms with Gasteiger partial charge in [-0.2, -0.15) is 4.98 Å². The first kappa shape index (κ1) is 13.8. The number of hydrogen-bond donors (Lipinski definition) is 1. The summed E-state index contributed by atoms with van der Waals surface area (Å²) in [4.78, 5) is 4.47. The molecule has 108 valence electrons. The van der Waals surface area contributed by atoms with Crippen LogP contribution in [0.3, 0.4) is 0 Å². The summed E-state index contributed by atoms with van der Waals surface area (Å²) in [5.41, 5.74) is 6.72. The first-order chi connectivity index (χ1) is 10.2. The van der Waals surface area contributed by atoms with E-state index in [1.54, 1.807) is 0 Å². The van der Waals surface area contributed by atoms with Crippen molar-refractivity contribution in [1.82, 2.24) is 10.1 Å². The number of aryl methyl sites for hydroxylation is 1. The Balaban J connectivity index is 1.77. The lowest BCUT2D eigenvalue weighted by Gasteiger charge is -2.01. The van der Waals surface area contributed by atoms with Crippen LogP contribution >= 0.6 is 0 Å². The molecule has 1 aromatic heterocycles. The van der Waals surface area contributed by atoms with Crippen LogP contribution in [0, 0.1) is 0 Å². The minimum Gasteiger partial charge on any atom is -0.339 e. The first-order valence-electron chi connectivity index (χ1n) is 7.30. The predicted octanol–water partition coefficient (Wildman–Crippen LogP) is 3.56. The van der Waals surface area contributed by atoms with Crippen LogP contribution in [0.2, 0.25) is 0 Å². The van der Waals surface area contributed by atoms with Crippen LogP contribution < -0.4 is 5.73 Å². The van der Waals surface area contributed by atoms with Crippen molar-refractivity contribution in [2.75, 3.05) is 0 Å². The predicted molar refractivity (Wildman–Crippen MR) is 83.8 cm³/mol. The summed E-state index contributed by atoms with van der Waals surface area (Å²) in [5, 5.41) is 6.46. The summed E-state index contributed by atoms with van der Waals surface area (Å²) < 4.78 is 5.31. The molecule has 0 saturated heterocycles. The molecule has 0 radical (unpaired) electrons. The molecule has 3 aromatic rings. The molecule has 0 bridgehead atoms. The summed E-state index contributed by atoms with van der Waals surface area (Å²) in [6.45, 7) is 2.01. The van der Waals surface area contributed by atoms with Crippen LogP contribution in [0.1, 0.15) is 25.7 Å². The number of hydrogen-bond acceptors (Lipinski definition) is 4. The molecule has 1 atom stereocenters. The van der Waals surface area contributed by atoms with Gasteiger partial charge >= 0.3 is 0 Å². The highest BCUT2D eigenvalue weighted by Crippen LogP contribution is 2.22. The van der Waals surface area contributed by atoms with Gasteiger partial charge in [0.05, 0.1) is 0 Å². The lowest BCUT2D eigenvalue weighted by molar-refractivity contribution is 0.373. The molecule has 0 amide bonds. The third-order valence-corrected chi connectivity index (χ3v) is 3.53. The molecule has 2 aromatic carbocycles. The van der Waals surface area contributed by atoms with E-state index in [1.165, 1.54) is 10.8 Å². The van der Waals surface area contributed by atoms with Crippen LogP contribution in [0.5, 0.6) is 0 Å². The van der Waals surface area contributed by atoms with Crippen LogP contribution in [0.4, 0.5) is 0 Å². The lowest BCUT2D eigenvalue weighted by Crippen LogP contribution is -2.14. The van der Waals surface area contributed by atoms with Crippen molar-refractivity contribution >= 4 is 10.8 Å². The second-order valence-electron chi connectivity index (χ2n) is 5.44. The molecule has 3 rings (SSSR count). The molecule has 1 unspecified atom stereocenters. The molecule has 0 fully saturated rings. The van der Waals surface area contributed by atoms with Gasteiger partial charge in [-0.25, -0.2) is 0 Å². The summed E-state index contributed by atoms with van der Waals surface area (Å²) in [6.07, 6.45) is 2.72. The largest absolute Gasteiger partial charge is 0.339 e. The minimum atomic E-state index is 0.216. The molecule has 0 saturated carbocycles. The van der Waals surface area contributed by atoms with Gasteiger partial charge in [-0.15, -0.1) is 0 Å². The zero-order chi connectivity index (χ0) is 14.7. The van der Waals surface area contributed by atoms with Gasteiger partial charge in [0.25, 0.3) is 0 Å². The Hall–Kier alpha value is -2.20. The van der Waals surface area contributed by atoms with E-state index in [-0.39, 0.29) is 6.04 Å². The normalized spacial score (nSPS) is 12.7. The number of rotatable bonds is 5. The molecular formula is C17H19N3O. The zero-order valence-electron chi connectivity index (χ0n) is 12.1. The molecule has 0 spiro atoms. The highest BCUT2D eigenvalue weighted by molar-refractivity contribution is 5.86. The van der Waals surface area contributed by atoms with Gasteiger partial charge in [-0.3, -0.25) is 0 Å². The average Bonchev–Trinajstić information content (AvgIpc) is 2.95. The lowest BCUT2D eigenvalue weighted by atomic mass is 10.1. The van der Waals surface area contributed by atoms with Crippen LogP contribution in [0.25, 0.3) is 22.2 Å². The Morgan fingerprint density at radius 2 is 1.95 bits per heavy atom. The van der Waals surface area contributed by atoms with E-state index >= 15 is 0 Å². The Labute approximate surface area is 124 Å². The van der Waals surface area contributed by atoms with Gasteiger partial charge in [0.1, 0.15) is 0 Å². The molecule has 0 aliphatic heterocycles. The first-order valence-corrected chi connectivity index (χ1v) is 7.30. The monoisotopic (exact) mass is 281 g/mol. The fourth-order valence-corrected chi connectivity index (χ4v) is 2.38. The molecule has 0 aliphatic rings. The topological polar surface area (TPSA) is 64.9 Å². The van der Waals surface area contributed by atoms with E-state index in [1.807, 2.05) is 25.1 Å². The Morgan fingerprint density at radius 3 is 2.76 bits per heavy atom. The molecule has 1 heterocycles. The Kier molecular flexibility index (Phi) is 3.97. The summed E-state index contributed by atoms with van der Waals surface area (Å²) in [5.74, 6) is 1.33. The van der Waals surface area contributed by atoms with Gasteiger partial charge in [0.2, 0.25) is 11.7 Å². The average molecular weight is 281 g/mol. The standard InChI is InChI=1S/C17H19N3O/c1-12(18)5-4-8-16-19-17(20-21-16)15-10-9-13-6-2-3-7-14(13)11-15/h2-3,6-7,9-12H,4-5,8,18H2,1H3. The van der Waals surface area contributed by atoms with Crippen molar-refractivity contribution in [3.05, 3.63) is 48.4 Å². The highest BCUT2D eigenvalue weighted by atomic mass is 16.5. The number of benzene rings is 2. The van der Waals surface area contributed by atoms with Gasteiger partial charge in [0, 0.05) is 18.0 Å². The molecule has 4 nitrogen and oxygen atoms in total. The van der Waals surface area contributed by atoms with Crippen molar-refractivity contribution in [3.8, 4) is 11.4 Å². The van der Waals surface area contributed by atoms with Gasteiger partial charge in [0.15, 0.2) is 0 Å². The second-order valence-corrected chi connectivity index (χ2v) is 5.44. The van der Waals surface area contributed by atoms with Crippen molar-refractivity contribution in [2.45, 2.75) is 32.2 Å². The van der Waals surface area contributed by atoms with E-state index in [9.17, 15) is 0 Å². The molecular weight excluding hydrogens is 262 g/mol. The fourth-order valence-electron chi connectivity index (χ4n) is 2.38. The Morgan fingerprint density at radius 1 is 1.14 bits per heavy atom. The highest BCUT2D eigenvalue weighted by Gasteiger charge is 2.09.